The predicted octanol–water partition coefficient (Wildman–Crippen LogP) is -5.71. The molecule has 0 atom stereocenters. The van der Waals surface area contributed by atoms with Gasteiger partial charge in [-0.25, -0.2) is 0 Å². The van der Waals surface area contributed by atoms with Gasteiger partial charge < -0.3 is 44.8 Å². The standard InChI is InChI=1S/C2H4N2.2BrH.Pd/c3-1-2-4;;;/h1-4H;2*1H;/q;;;+2/p-2. The van der Waals surface area contributed by atoms with Crippen molar-refractivity contribution in [2.45, 2.75) is 0 Å². The Balaban J connectivity index is -0.0000000150. The Hall–Kier alpha value is 0.962. The van der Waals surface area contributed by atoms with E-state index in [2.05, 4.69) is 0 Å². The van der Waals surface area contributed by atoms with E-state index in [-0.39, 0.29) is 54.4 Å². The van der Waals surface area contributed by atoms with Crippen molar-refractivity contribution in [2.24, 2.45) is 0 Å². The topological polar surface area (TPSA) is 47.7 Å². The van der Waals surface area contributed by atoms with Crippen LogP contribution in [-0.4, -0.2) is 12.4 Å². The van der Waals surface area contributed by atoms with Gasteiger partial charge >= 0.3 is 20.4 Å². The van der Waals surface area contributed by atoms with Gasteiger partial charge in [-0.05, 0) is 0 Å². The Morgan fingerprint density at radius 3 is 1.00 bits per heavy atom. The van der Waals surface area contributed by atoms with E-state index in [1.807, 2.05) is 0 Å². The van der Waals surface area contributed by atoms with E-state index in [9.17, 15) is 0 Å². The van der Waals surface area contributed by atoms with Crippen LogP contribution in [0.2, 0.25) is 0 Å². The second-order valence-electron chi connectivity index (χ2n) is 0.333. The quantitative estimate of drug-likeness (QED) is 0.357. The minimum absolute atomic E-state index is 0. The first-order valence-corrected chi connectivity index (χ1v) is 0.911. The van der Waals surface area contributed by atoms with Crippen molar-refractivity contribution in [3.63, 3.8) is 0 Å². The number of rotatable bonds is 1. The first-order valence-electron chi connectivity index (χ1n) is 0.911. The maximum atomic E-state index is 6.08. The molecule has 0 heterocycles. The Labute approximate surface area is 77.3 Å². The first kappa shape index (κ1) is 24.6. The minimum Gasteiger partial charge on any atom is -1.00 e. The van der Waals surface area contributed by atoms with Gasteiger partial charge in [0.15, 0.2) is 0 Å². The summed E-state index contributed by atoms with van der Waals surface area (Å²) in [6.45, 7) is 0. The second kappa shape index (κ2) is 28.2. The number of hydrogen-bond acceptors (Lipinski definition) is 2. The summed E-state index contributed by atoms with van der Waals surface area (Å²) in [5, 5.41) is 12.2. The third-order valence-corrected chi connectivity index (χ3v) is 0.0833. The minimum atomic E-state index is 0. The predicted molar refractivity (Wildman–Crippen MR) is 17.6 cm³/mol. The molecule has 0 amide bonds. The largest absolute Gasteiger partial charge is 2.00 e. The number of halogens is 2. The van der Waals surface area contributed by atoms with Crippen molar-refractivity contribution >= 4 is 12.4 Å². The van der Waals surface area contributed by atoms with Gasteiger partial charge in [-0.1, -0.05) is 0 Å². The third-order valence-electron chi connectivity index (χ3n) is 0.0833. The summed E-state index contributed by atoms with van der Waals surface area (Å²) in [6.07, 6.45) is 1.83. The summed E-state index contributed by atoms with van der Waals surface area (Å²) in [6, 6.07) is 0. The van der Waals surface area contributed by atoms with Crippen LogP contribution in [0.25, 0.3) is 0 Å². The fraction of sp³-hybridized carbons (Fsp3) is 0. The van der Waals surface area contributed by atoms with E-state index in [4.69, 9.17) is 10.8 Å². The average Bonchev–Trinajstić information content (AvgIpc) is 1.37. The molecular formula is C2H4Br2N2Pd. The van der Waals surface area contributed by atoms with Crippen LogP contribution in [0.3, 0.4) is 0 Å². The third kappa shape index (κ3) is 44.5. The van der Waals surface area contributed by atoms with Crippen molar-refractivity contribution in [3.8, 4) is 0 Å². The summed E-state index contributed by atoms with van der Waals surface area (Å²) in [4.78, 5) is 0. The molecule has 0 saturated heterocycles. The van der Waals surface area contributed by atoms with Crippen LogP contribution in [0.1, 0.15) is 0 Å². The molecule has 0 aromatic rings. The fourth-order valence-corrected chi connectivity index (χ4v) is 0. The van der Waals surface area contributed by atoms with E-state index in [0.29, 0.717) is 0 Å². The maximum Gasteiger partial charge on any atom is 2.00 e. The molecule has 0 fully saturated rings. The summed E-state index contributed by atoms with van der Waals surface area (Å²) in [7, 11) is 0. The van der Waals surface area contributed by atoms with Gasteiger partial charge in [-0.15, -0.1) is 0 Å². The van der Waals surface area contributed by atoms with Crippen LogP contribution in [0.5, 0.6) is 0 Å². The SMILES string of the molecule is N=CC=N.[Br-].[Br-].[Pd+2]. The molecule has 0 saturated carbocycles. The zero-order valence-corrected chi connectivity index (χ0v) is 7.95. The zero-order chi connectivity index (χ0) is 3.41. The Morgan fingerprint density at radius 1 is 0.857 bits per heavy atom. The van der Waals surface area contributed by atoms with Gasteiger partial charge in [-0.3, -0.25) is 0 Å². The Bertz CT molecular complexity index is 34.7. The molecule has 0 aliphatic rings. The molecule has 2 nitrogen and oxygen atoms in total. The van der Waals surface area contributed by atoms with Crippen molar-refractivity contribution in [1.82, 2.24) is 0 Å². The van der Waals surface area contributed by atoms with Crippen molar-refractivity contribution in [2.75, 3.05) is 0 Å². The molecule has 7 heavy (non-hydrogen) atoms. The van der Waals surface area contributed by atoms with Crippen molar-refractivity contribution in [1.29, 1.82) is 10.8 Å². The van der Waals surface area contributed by atoms with E-state index in [1.165, 1.54) is 0 Å². The van der Waals surface area contributed by atoms with E-state index in [1.54, 1.807) is 0 Å². The molecule has 0 aliphatic carbocycles. The molecular weight excluding hydrogens is 318 g/mol. The molecule has 0 aromatic heterocycles. The Kier molecular flexibility index (Phi) is 99.1. The van der Waals surface area contributed by atoms with Crippen molar-refractivity contribution in [3.05, 3.63) is 0 Å². The summed E-state index contributed by atoms with van der Waals surface area (Å²) < 4.78 is 0. The molecule has 0 rings (SSSR count). The van der Waals surface area contributed by atoms with Crippen LogP contribution in [-0.2, 0) is 20.4 Å². The van der Waals surface area contributed by atoms with Gasteiger partial charge in [0.2, 0.25) is 0 Å². The van der Waals surface area contributed by atoms with Crippen molar-refractivity contribution < 1.29 is 54.4 Å². The molecule has 0 spiro atoms. The van der Waals surface area contributed by atoms with Crippen LogP contribution in [0, 0.1) is 10.8 Å². The van der Waals surface area contributed by atoms with Crippen LogP contribution >= 0.6 is 0 Å². The van der Waals surface area contributed by atoms with E-state index in [0.717, 1.165) is 12.4 Å². The molecule has 2 N–H and O–H groups in total. The van der Waals surface area contributed by atoms with Gasteiger partial charge in [0.05, 0.1) is 0 Å². The van der Waals surface area contributed by atoms with Crippen LogP contribution in [0.15, 0.2) is 0 Å². The number of hydrogen-bond donors (Lipinski definition) is 2. The van der Waals surface area contributed by atoms with Gasteiger partial charge in [0.1, 0.15) is 0 Å². The summed E-state index contributed by atoms with van der Waals surface area (Å²) in [5.41, 5.74) is 0. The molecule has 5 heteroatoms. The summed E-state index contributed by atoms with van der Waals surface area (Å²) in [5.74, 6) is 0. The molecule has 0 bridgehead atoms. The molecule has 0 aromatic carbocycles. The Morgan fingerprint density at radius 2 is 1.00 bits per heavy atom. The van der Waals surface area contributed by atoms with Gasteiger partial charge in [0, 0.05) is 12.4 Å². The average molecular weight is 322 g/mol. The molecule has 0 aliphatic heterocycles. The maximum absolute atomic E-state index is 6.08. The second-order valence-corrected chi connectivity index (χ2v) is 0.333. The van der Waals surface area contributed by atoms with Crippen LogP contribution in [0.4, 0.5) is 0 Å². The fourth-order valence-electron chi connectivity index (χ4n) is 0. The molecule has 0 radical (unpaired) electrons. The molecule has 46 valence electrons. The van der Waals surface area contributed by atoms with Gasteiger partial charge in [-0.2, -0.15) is 0 Å². The first-order chi connectivity index (χ1) is 1.91. The monoisotopic (exact) mass is 320 g/mol. The zero-order valence-electron chi connectivity index (χ0n) is 3.23. The number of nitrogens with one attached hydrogen (secondary N) is 2. The van der Waals surface area contributed by atoms with Crippen LogP contribution < -0.4 is 34.0 Å². The van der Waals surface area contributed by atoms with E-state index >= 15 is 0 Å². The van der Waals surface area contributed by atoms with E-state index < -0.39 is 0 Å². The summed E-state index contributed by atoms with van der Waals surface area (Å²) >= 11 is 0. The smallest absolute Gasteiger partial charge is 1.00 e. The molecule has 0 unspecified atom stereocenters. The van der Waals surface area contributed by atoms with Gasteiger partial charge in [0.25, 0.3) is 0 Å². The normalized spacial score (nSPS) is 2.86.